The lowest BCUT2D eigenvalue weighted by Gasteiger charge is -2.18. The number of sulfonamides is 1. The highest BCUT2D eigenvalue weighted by Gasteiger charge is 2.24. The molecule has 0 aliphatic carbocycles. The Kier molecular flexibility index (Phi) is 11.3. The Hall–Kier alpha value is -0.800. The fourth-order valence-corrected chi connectivity index (χ4v) is 3.49. The minimum absolute atomic E-state index is 0. The van der Waals surface area contributed by atoms with Gasteiger partial charge in [0.05, 0.1) is 4.90 Å². The molecule has 6 nitrogen and oxygen atoms in total. The standard InChI is InChI=1S/C14H23N3O3S2.ClH/c1-15-9-10-16-14(18)13(8-11-21-2)17-22(19,20)12-6-4-3-5-7-12;/h3-7,13,15,17H,8-11H2,1-2H3,(H,16,18);1H. The minimum Gasteiger partial charge on any atom is -0.353 e. The van der Waals surface area contributed by atoms with Crippen molar-refractivity contribution in [3.05, 3.63) is 30.3 Å². The highest BCUT2D eigenvalue weighted by Crippen LogP contribution is 2.10. The molecule has 1 amide bonds. The van der Waals surface area contributed by atoms with E-state index in [0.717, 1.165) is 0 Å². The van der Waals surface area contributed by atoms with Gasteiger partial charge in [0.15, 0.2) is 0 Å². The van der Waals surface area contributed by atoms with Crippen LogP contribution in [0.4, 0.5) is 0 Å². The summed E-state index contributed by atoms with van der Waals surface area (Å²) >= 11 is 1.57. The second-order valence-electron chi connectivity index (χ2n) is 4.66. The summed E-state index contributed by atoms with van der Waals surface area (Å²) in [5, 5.41) is 5.65. The average molecular weight is 382 g/mol. The van der Waals surface area contributed by atoms with Gasteiger partial charge < -0.3 is 10.6 Å². The first-order valence-corrected chi connectivity index (χ1v) is 9.87. The van der Waals surface area contributed by atoms with E-state index in [1.807, 2.05) is 6.26 Å². The molecular formula is C14H24ClN3O3S2. The molecular weight excluding hydrogens is 358 g/mol. The summed E-state index contributed by atoms with van der Waals surface area (Å²) in [6.45, 7) is 1.09. The Morgan fingerprint density at radius 3 is 2.43 bits per heavy atom. The van der Waals surface area contributed by atoms with E-state index in [-0.39, 0.29) is 23.2 Å². The molecule has 1 aromatic rings. The van der Waals surface area contributed by atoms with E-state index < -0.39 is 16.1 Å². The molecule has 0 radical (unpaired) electrons. The van der Waals surface area contributed by atoms with Crippen molar-refractivity contribution in [2.75, 3.05) is 32.1 Å². The Balaban J connectivity index is 0.00000484. The topological polar surface area (TPSA) is 87.3 Å². The van der Waals surface area contributed by atoms with Gasteiger partial charge in [-0.2, -0.15) is 16.5 Å². The van der Waals surface area contributed by atoms with Crippen LogP contribution in [0.25, 0.3) is 0 Å². The second-order valence-corrected chi connectivity index (χ2v) is 7.36. The first kappa shape index (κ1) is 22.2. The number of hydrogen-bond donors (Lipinski definition) is 3. The maximum absolute atomic E-state index is 12.3. The number of halogens is 1. The predicted molar refractivity (Wildman–Crippen MR) is 97.7 cm³/mol. The molecule has 0 heterocycles. The summed E-state index contributed by atoms with van der Waals surface area (Å²) in [4.78, 5) is 12.3. The van der Waals surface area contributed by atoms with E-state index in [9.17, 15) is 13.2 Å². The van der Waals surface area contributed by atoms with E-state index in [1.54, 1.807) is 37.0 Å². The van der Waals surface area contributed by atoms with Crippen LogP contribution >= 0.6 is 24.2 Å². The number of rotatable bonds is 10. The smallest absolute Gasteiger partial charge is 0.241 e. The van der Waals surface area contributed by atoms with Crippen LogP contribution in [0.3, 0.4) is 0 Å². The first-order chi connectivity index (χ1) is 10.5. The molecule has 0 fully saturated rings. The third-order valence-corrected chi connectivity index (χ3v) is 5.08. The Morgan fingerprint density at radius 1 is 1.22 bits per heavy atom. The summed E-state index contributed by atoms with van der Waals surface area (Å²) in [5.41, 5.74) is 0. The molecule has 0 saturated carbocycles. The van der Waals surface area contributed by atoms with Gasteiger partial charge in [0.1, 0.15) is 6.04 Å². The summed E-state index contributed by atoms with van der Waals surface area (Å²) in [5.74, 6) is 0.394. The van der Waals surface area contributed by atoms with E-state index >= 15 is 0 Å². The number of carbonyl (C=O) groups excluding carboxylic acids is 1. The summed E-state index contributed by atoms with van der Waals surface area (Å²) in [7, 11) is -1.91. The lowest BCUT2D eigenvalue weighted by atomic mass is 10.2. The number of likely N-dealkylation sites (N-methyl/N-ethyl adjacent to an activating group) is 1. The van der Waals surface area contributed by atoms with Crippen LogP contribution in [0.2, 0.25) is 0 Å². The van der Waals surface area contributed by atoms with E-state index in [4.69, 9.17) is 0 Å². The highest BCUT2D eigenvalue weighted by molar-refractivity contribution is 7.98. The number of carbonyl (C=O) groups is 1. The Morgan fingerprint density at radius 2 is 1.87 bits per heavy atom. The zero-order valence-electron chi connectivity index (χ0n) is 13.2. The Labute approximate surface area is 148 Å². The predicted octanol–water partition coefficient (Wildman–Crippen LogP) is 0.844. The number of nitrogens with one attached hydrogen (secondary N) is 3. The van der Waals surface area contributed by atoms with E-state index in [0.29, 0.717) is 25.3 Å². The van der Waals surface area contributed by atoms with Crippen molar-refractivity contribution in [2.45, 2.75) is 17.4 Å². The van der Waals surface area contributed by atoms with Gasteiger partial charge in [0, 0.05) is 13.1 Å². The SMILES string of the molecule is CNCCNC(=O)C(CCSC)NS(=O)(=O)c1ccccc1.Cl. The van der Waals surface area contributed by atoms with Gasteiger partial charge >= 0.3 is 0 Å². The maximum atomic E-state index is 12.3. The van der Waals surface area contributed by atoms with Gasteiger partial charge in [-0.15, -0.1) is 12.4 Å². The quantitative estimate of drug-likeness (QED) is 0.523. The van der Waals surface area contributed by atoms with Gasteiger partial charge in [-0.3, -0.25) is 4.79 Å². The van der Waals surface area contributed by atoms with Crippen LogP contribution in [-0.2, 0) is 14.8 Å². The number of thioether (sulfide) groups is 1. The van der Waals surface area contributed by atoms with Crippen LogP contribution in [-0.4, -0.2) is 52.5 Å². The van der Waals surface area contributed by atoms with Gasteiger partial charge in [-0.1, -0.05) is 18.2 Å². The lowest BCUT2D eigenvalue weighted by Crippen LogP contribution is -2.48. The Bertz CT molecular complexity index is 556. The van der Waals surface area contributed by atoms with Gasteiger partial charge in [-0.05, 0) is 37.6 Å². The van der Waals surface area contributed by atoms with Crippen molar-refractivity contribution < 1.29 is 13.2 Å². The van der Waals surface area contributed by atoms with Gasteiger partial charge in [0.2, 0.25) is 15.9 Å². The average Bonchev–Trinajstić information content (AvgIpc) is 2.52. The summed E-state index contributed by atoms with van der Waals surface area (Å²) in [6, 6.07) is 7.29. The first-order valence-electron chi connectivity index (χ1n) is 7.00. The zero-order chi connectivity index (χ0) is 16.4. The molecule has 1 rings (SSSR count). The zero-order valence-corrected chi connectivity index (χ0v) is 15.7. The van der Waals surface area contributed by atoms with Crippen molar-refractivity contribution in [3.63, 3.8) is 0 Å². The fourth-order valence-electron chi connectivity index (χ4n) is 1.77. The maximum Gasteiger partial charge on any atom is 0.241 e. The molecule has 1 aromatic carbocycles. The molecule has 23 heavy (non-hydrogen) atoms. The van der Waals surface area contributed by atoms with Crippen LogP contribution in [0.1, 0.15) is 6.42 Å². The molecule has 0 saturated heterocycles. The van der Waals surface area contributed by atoms with Crippen LogP contribution in [0.15, 0.2) is 35.2 Å². The largest absolute Gasteiger partial charge is 0.353 e. The van der Waals surface area contributed by atoms with Crippen LogP contribution in [0, 0.1) is 0 Å². The molecule has 132 valence electrons. The highest BCUT2D eigenvalue weighted by atomic mass is 35.5. The second kappa shape index (κ2) is 11.7. The van der Waals surface area contributed by atoms with Crippen LogP contribution < -0.4 is 15.4 Å². The lowest BCUT2D eigenvalue weighted by molar-refractivity contribution is -0.122. The molecule has 3 N–H and O–H groups in total. The summed E-state index contributed by atoms with van der Waals surface area (Å²) in [6.07, 6.45) is 2.36. The van der Waals surface area contributed by atoms with E-state index in [1.165, 1.54) is 12.1 Å². The summed E-state index contributed by atoms with van der Waals surface area (Å²) < 4.78 is 27.2. The van der Waals surface area contributed by atoms with E-state index in [2.05, 4.69) is 15.4 Å². The molecule has 0 aromatic heterocycles. The molecule has 0 spiro atoms. The number of benzene rings is 1. The number of hydrogen-bond acceptors (Lipinski definition) is 5. The van der Waals surface area contributed by atoms with Gasteiger partial charge in [0.25, 0.3) is 0 Å². The van der Waals surface area contributed by atoms with Crippen molar-refractivity contribution in [1.82, 2.24) is 15.4 Å². The molecule has 9 heteroatoms. The van der Waals surface area contributed by atoms with Crippen LogP contribution in [0.5, 0.6) is 0 Å². The van der Waals surface area contributed by atoms with Gasteiger partial charge in [-0.25, -0.2) is 8.42 Å². The minimum atomic E-state index is -3.70. The normalized spacial score (nSPS) is 12.3. The fraction of sp³-hybridized carbons (Fsp3) is 0.500. The van der Waals surface area contributed by atoms with Crippen molar-refractivity contribution in [3.8, 4) is 0 Å². The molecule has 1 unspecified atom stereocenters. The van der Waals surface area contributed by atoms with Crippen molar-refractivity contribution in [2.24, 2.45) is 0 Å². The third-order valence-electron chi connectivity index (χ3n) is 2.95. The molecule has 0 aliphatic rings. The monoisotopic (exact) mass is 381 g/mol. The third kappa shape index (κ3) is 8.03. The molecule has 1 atom stereocenters. The number of amides is 1. The van der Waals surface area contributed by atoms with Crippen molar-refractivity contribution in [1.29, 1.82) is 0 Å². The molecule has 0 bridgehead atoms. The molecule has 0 aliphatic heterocycles. The van der Waals surface area contributed by atoms with Crippen molar-refractivity contribution >= 4 is 40.1 Å².